The van der Waals surface area contributed by atoms with Crippen LogP contribution >= 0.6 is 0 Å². The molecule has 0 aromatic heterocycles. The first-order valence-corrected chi connectivity index (χ1v) is 10.4. The Morgan fingerprint density at radius 3 is 2.37 bits per heavy atom. The van der Waals surface area contributed by atoms with Crippen molar-refractivity contribution in [1.29, 1.82) is 0 Å². The van der Waals surface area contributed by atoms with Crippen LogP contribution in [0.1, 0.15) is 36.8 Å². The van der Waals surface area contributed by atoms with Crippen molar-refractivity contribution >= 4 is 23.5 Å². The van der Waals surface area contributed by atoms with Crippen LogP contribution in [0.25, 0.3) is 11.6 Å². The average molecular weight is 408 g/mol. The summed E-state index contributed by atoms with van der Waals surface area (Å²) in [7, 11) is 3.05. The molecule has 1 aliphatic rings. The predicted octanol–water partition coefficient (Wildman–Crippen LogP) is 4.33. The van der Waals surface area contributed by atoms with Crippen LogP contribution in [-0.2, 0) is 14.3 Å². The van der Waals surface area contributed by atoms with Crippen molar-refractivity contribution in [2.45, 2.75) is 25.7 Å². The molecule has 1 N–H and O–H groups in total. The summed E-state index contributed by atoms with van der Waals surface area (Å²) in [6, 6.07) is 17.2. The molecule has 2 unspecified atom stereocenters. The first-order chi connectivity index (χ1) is 14.6. The van der Waals surface area contributed by atoms with Gasteiger partial charge in [0.1, 0.15) is 5.75 Å². The fourth-order valence-corrected chi connectivity index (χ4v) is 4.00. The van der Waals surface area contributed by atoms with E-state index in [0.29, 0.717) is 12.1 Å². The third-order valence-electron chi connectivity index (χ3n) is 5.69. The first-order valence-electron chi connectivity index (χ1n) is 10.4. The third kappa shape index (κ3) is 5.50. The number of carbonyl (C=O) groups excluding carboxylic acids is 2. The second-order valence-electron chi connectivity index (χ2n) is 7.58. The minimum absolute atomic E-state index is 0.105. The van der Waals surface area contributed by atoms with Crippen LogP contribution in [0.2, 0.25) is 0 Å². The first kappa shape index (κ1) is 21.6. The lowest BCUT2D eigenvalue weighted by molar-refractivity contribution is -0.148. The molecule has 30 heavy (non-hydrogen) atoms. The number of amides is 1. The minimum Gasteiger partial charge on any atom is -0.497 e. The molecule has 1 fully saturated rings. The Hall–Kier alpha value is -3.08. The fraction of sp³-hybridized carbons (Fsp3) is 0.360. The van der Waals surface area contributed by atoms with Crippen molar-refractivity contribution in [3.63, 3.8) is 0 Å². The highest BCUT2D eigenvalue weighted by Gasteiger charge is 2.32. The lowest BCUT2D eigenvalue weighted by atomic mass is 9.79. The van der Waals surface area contributed by atoms with Gasteiger partial charge in [0.15, 0.2) is 0 Å². The highest BCUT2D eigenvalue weighted by molar-refractivity contribution is 6.24. The van der Waals surface area contributed by atoms with Gasteiger partial charge >= 0.3 is 5.97 Å². The van der Waals surface area contributed by atoms with Gasteiger partial charge in [-0.05, 0) is 48.1 Å². The summed E-state index contributed by atoms with van der Waals surface area (Å²) >= 11 is 0. The third-order valence-corrected chi connectivity index (χ3v) is 5.69. The van der Waals surface area contributed by atoms with Gasteiger partial charge in [0.25, 0.3) is 5.91 Å². The molecule has 2 aromatic carbocycles. The molecule has 0 bridgehead atoms. The fourth-order valence-electron chi connectivity index (χ4n) is 4.00. The van der Waals surface area contributed by atoms with Gasteiger partial charge in [0.05, 0.1) is 20.1 Å². The number of hydrogen-bond donors (Lipinski definition) is 1. The summed E-state index contributed by atoms with van der Waals surface area (Å²) in [5.41, 5.74) is 2.35. The van der Waals surface area contributed by atoms with Crippen molar-refractivity contribution in [3.8, 4) is 5.75 Å². The van der Waals surface area contributed by atoms with Crippen LogP contribution in [0.5, 0.6) is 5.75 Å². The molecule has 5 heteroatoms. The van der Waals surface area contributed by atoms with Crippen molar-refractivity contribution < 1.29 is 19.1 Å². The number of ether oxygens (including phenoxy) is 2. The molecular formula is C25H29NO4. The summed E-state index contributed by atoms with van der Waals surface area (Å²) in [4.78, 5) is 25.3. The molecule has 2 atom stereocenters. The SMILES string of the molecule is COC(=O)C1CCCCC1CNC(=O)/C(=C/c1ccc(OC)cc1)c1ccccc1. The zero-order valence-corrected chi connectivity index (χ0v) is 17.6. The maximum absolute atomic E-state index is 13.1. The van der Waals surface area contributed by atoms with E-state index in [1.54, 1.807) is 7.11 Å². The molecule has 158 valence electrons. The maximum atomic E-state index is 13.1. The van der Waals surface area contributed by atoms with Gasteiger partial charge in [-0.15, -0.1) is 0 Å². The molecule has 0 aliphatic heterocycles. The van der Waals surface area contributed by atoms with E-state index in [4.69, 9.17) is 9.47 Å². The summed E-state index contributed by atoms with van der Waals surface area (Å²) in [5.74, 6) is 0.407. The number of benzene rings is 2. The van der Waals surface area contributed by atoms with Gasteiger partial charge in [-0.1, -0.05) is 55.3 Å². The summed E-state index contributed by atoms with van der Waals surface area (Å²) in [5, 5.41) is 3.06. The Kier molecular flexibility index (Phi) is 7.66. The van der Waals surface area contributed by atoms with E-state index in [-0.39, 0.29) is 23.7 Å². The summed E-state index contributed by atoms with van der Waals surface area (Å²) in [6.07, 6.45) is 5.71. The van der Waals surface area contributed by atoms with E-state index in [1.807, 2.05) is 60.7 Å². The Balaban J connectivity index is 1.78. The van der Waals surface area contributed by atoms with Crippen molar-refractivity contribution in [2.24, 2.45) is 11.8 Å². The number of methoxy groups -OCH3 is 2. The molecule has 0 spiro atoms. The zero-order valence-electron chi connectivity index (χ0n) is 17.6. The number of esters is 1. The van der Waals surface area contributed by atoms with E-state index in [9.17, 15) is 9.59 Å². The lowest BCUT2D eigenvalue weighted by Crippen LogP contribution is -2.37. The van der Waals surface area contributed by atoms with E-state index in [2.05, 4.69) is 5.32 Å². The average Bonchev–Trinajstić information content (AvgIpc) is 2.81. The van der Waals surface area contributed by atoms with Crippen LogP contribution < -0.4 is 10.1 Å². The number of hydrogen-bond acceptors (Lipinski definition) is 4. The minimum atomic E-state index is -0.175. The normalized spacial score (nSPS) is 19.1. The van der Waals surface area contributed by atoms with Crippen LogP contribution in [0.4, 0.5) is 0 Å². The van der Waals surface area contributed by atoms with Gasteiger partial charge in [0, 0.05) is 12.1 Å². The number of rotatable bonds is 7. The van der Waals surface area contributed by atoms with Gasteiger partial charge in [-0.3, -0.25) is 9.59 Å². The topological polar surface area (TPSA) is 64.6 Å². The Morgan fingerprint density at radius 1 is 1.00 bits per heavy atom. The summed E-state index contributed by atoms with van der Waals surface area (Å²) < 4.78 is 10.2. The molecule has 3 rings (SSSR count). The van der Waals surface area contributed by atoms with Crippen LogP contribution in [-0.4, -0.2) is 32.6 Å². The van der Waals surface area contributed by atoms with Gasteiger partial charge in [-0.2, -0.15) is 0 Å². The van der Waals surface area contributed by atoms with Gasteiger partial charge < -0.3 is 14.8 Å². The molecule has 1 saturated carbocycles. The largest absolute Gasteiger partial charge is 0.497 e. The molecule has 5 nitrogen and oxygen atoms in total. The quantitative estimate of drug-likeness (QED) is 0.421. The molecule has 1 aliphatic carbocycles. The van der Waals surface area contributed by atoms with Crippen molar-refractivity contribution in [2.75, 3.05) is 20.8 Å². The smallest absolute Gasteiger partial charge is 0.309 e. The highest BCUT2D eigenvalue weighted by Crippen LogP contribution is 2.31. The van der Waals surface area contributed by atoms with E-state index in [0.717, 1.165) is 42.6 Å². The highest BCUT2D eigenvalue weighted by atomic mass is 16.5. The lowest BCUT2D eigenvalue weighted by Gasteiger charge is -2.29. The Bertz CT molecular complexity index is 874. The van der Waals surface area contributed by atoms with Gasteiger partial charge in [0.2, 0.25) is 0 Å². The number of nitrogens with one attached hydrogen (secondary N) is 1. The standard InChI is InChI=1S/C25H29NO4/c1-29-21-14-12-18(13-15-21)16-23(19-8-4-3-5-9-19)24(27)26-17-20-10-6-7-11-22(20)25(28)30-2/h3-5,8-9,12-16,20,22H,6-7,10-11,17H2,1-2H3,(H,26,27)/b23-16+. The van der Waals surface area contributed by atoms with E-state index < -0.39 is 0 Å². The molecule has 0 heterocycles. The second kappa shape index (κ2) is 10.6. The maximum Gasteiger partial charge on any atom is 0.309 e. The predicted molar refractivity (Wildman–Crippen MR) is 118 cm³/mol. The van der Waals surface area contributed by atoms with Crippen LogP contribution in [0.3, 0.4) is 0 Å². The van der Waals surface area contributed by atoms with Crippen LogP contribution in [0, 0.1) is 11.8 Å². The zero-order chi connectivity index (χ0) is 21.3. The molecule has 0 saturated heterocycles. The molecule has 2 aromatic rings. The van der Waals surface area contributed by atoms with Crippen molar-refractivity contribution in [3.05, 3.63) is 65.7 Å². The van der Waals surface area contributed by atoms with Gasteiger partial charge in [-0.25, -0.2) is 0 Å². The second-order valence-corrected chi connectivity index (χ2v) is 7.58. The Labute approximate surface area is 178 Å². The van der Waals surface area contributed by atoms with Crippen molar-refractivity contribution in [1.82, 2.24) is 5.32 Å². The molecular weight excluding hydrogens is 378 g/mol. The number of carbonyl (C=O) groups is 2. The molecule has 0 radical (unpaired) electrons. The van der Waals surface area contributed by atoms with E-state index in [1.165, 1.54) is 7.11 Å². The monoisotopic (exact) mass is 407 g/mol. The van der Waals surface area contributed by atoms with Crippen LogP contribution in [0.15, 0.2) is 54.6 Å². The van der Waals surface area contributed by atoms with E-state index >= 15 is 0 Å². The molecule has 1 amide bonds. The summed E-state index contributed by atoms with van der Waals surface area (Å²) in [6.45, 7) is 0.464. The Morgan fingerprint density at radius 2 is 1.70 bits per heavy atom.